The Bertz CT molecular complexity index is 758. The third-order valence-corrected chi connectivity index (χ3v) is 3.95. The number of hydrogen-bond acceptors (Lipinski definition) is 3. The molecule has 126 valence electrons. The molecule has 0 aliphatic rings. The Morgan fingerprint density at radius 3 is 2.62 bits per heavy atom. The number of carbonyl (C=O) groups is 1. The van der Waals surface area contributed by atoms with Crippen molar-refractivity contribution in [1.29, 1.82) is 0 Å². The van der Waals surface area contributed by atoms with E-state index in [9.17, 15) is 13.6 Å². The van der Waals surface area contributed by atoms with Crippen LogP contribution in [0.1, 0.15) is 29.2 Å². The number of amides is 1. The lowest BCUT2D eigenvalue weighted by atomic mass is 9.93. The van der Waals surface area contributed by atoms with Gasteiger partial charge in [-0.25, -0.2) is 8.78 Å². The van der Waals surface area contributed by atoms with Crippen LogP contribution < -0.4 is 10.6 Å². The van der Waals surface area contributed by atoms with Crippen LogP contribution in [-0.4, -0.2) is 23.1 Å². The summed E-state index contributed by atoms with van der Waals surface area (Å²) in [6.07, 6.45) is -1.43. The van der Waals surface area contributed by atoms with Gasteiger partial charge < -0.3 is 10.6 Å². The molecular formula is C16H14ClF2N3OS. The fraction of sp³-hybridized carbons (Fsp3) is 0.188. The summed E-state index contributed by atoms with van der Waals surface area (Å²) in [5.41, 5.74) is 0.396. The topological polar surface area (TPSA) is 54.0 Å². The van der Waals surface area contributed by atoms with Crippen LogP contribution in [0.5, 0.6) is 0 Å². The van der Waals surface area contributed by atoms with Gasteiger partial charge in [0, 0.05) is 23.8 Å². The van der Waals surface area contributed by atoms with Crippen molar-refractivity contribution in [3.05, 3.63) is 64.4 Å². The Hall–Kier alpha value is -2.12. The molecule has 8 heteroatoms. The van der Waals surface area contributed by atoms with E-state index < -0.39 is 18.3 Å². The van der Waals surface area contributed by atoms with E-state index in [1.54, 1.807) is 31.3 Å². The number of carbonyl (C=O) groups excluding carboxylic acids is 1. The first kappa shape index (κ1) is 18.2. The number of rotatable bonds is 4. The molecule has 4 nitrogen and oxygen atoms in total. The SMILES string of the molecule is CNC(=S)NC(=O)C(c1cc(C(F)F)ccn1)c1ccccc1Cl. The second-order valence-corrected chi connectivity index (χ2v) is 5.65. The minimum Gasteiger partial charge on any atom is -0.365 e. The number of nitrogens with zero attached hydrogens (tertiary/aromatic N) is 1. The fourth-order valence-corrected chi connectivity index (χ4v) is 2.50. The molecule has 1 amide bonds. The zero-order chi connectivity index (χ0) is 17.7. The molecule has 24 heavy (non-hydrogen) atoms. The average Bonchev–Trinajstić information content (AvgIpc) is 2.57. The molecule has 1 heterocycles. The molecule has 1 unspecified atom stereocenters. The first-order chi connectivity index (χ1) is 11.4. The maximum absolute atomic E-state index is 13.0. The monoisotopic (exact) mass is 369 g/mol. The number of thiocarbonyl (C=S) groups is 1. The summed E-state index contributed by atoms with van der Waals surface area (Å²) >= 11 is 11.1. The summed E-state index contributed by atoms with van der Waals surface area (Å²) in [7, 11) is 1.56. The van der Waals surface area contributed by atoms with E-state index in [1.165, 1.54) is 18.3 Å². The smallest absolute Gasteiger partial charge is 0.263 e. The summed E-state index contributed by atoms with van der Waals surface area (Å²) in [4.78, 5) is 16.7. The largest absolute Gasteiger partial charge is 0.365 e. The molecule has 0 saturated heterocycles. The van der Waals surface area contributed by atoms with Gasteiger partial charge in [0.2, 0.25) is 5.91 Å². The van der Waals surface area contributed by atoms with Crippen molar-refractivity contribution >= 4 is 34.8 Å². The number of alkyl halides is 2. The molecule has 2 rings (SSSR count). The number of pyridine rings is 1. The van der Waals surface area contributed by atoms with Crippen molar-refractivity contribution in [3.63, 3.8) is 0 Å². The lowest BCUT2D eigenvalue weighted by Gasteiger charge is -2.19. The summed E-state index contributed by atoms with van der Waals surface area (Å²) in [6, 6.07) is 9.07. The quantitative estimate of drug-likeness (QED) is 0.811. The Kier molecular flexibility index (Phi) is 6.16. The Morgan fingerprint density at radius 2 is 2.00 bits per heavy atom. The first-order valence-corrected chi connectivity index (χ1v) is 7.73. The molecule has 1 aromatic carbocycles. The highest BCUT2D eigenvalue weighted by Gasteiger charge is 2.27. The van der Waals surface area contributed by atoms with Crippen LogP contribution in [0.25, 0.3) is 0 Å². The van der Waals surface area contributed by atoms with Crippen molar-refractivity contribution in [2.24, 2.45) is 0 Å². The molecule has 1 atom stereocenters. The third kappa shape index (κ3) is 4.24. The molecule has 0 radical (unpaired) electrons. The highest BCUT2D eigenvalue weighted by Crippen LogP contribution is 2.31. The van der Waals surface area contributed by atoms with Gasteiger partial charge in [-0.15, -0.1) is 0 Å². The Balaban J connectivity index is 2.51. The predicted octanol–water partition coefficient (Wildman–Crippen LogP) is 3.43. The standard InChI is InChI=1S/C16H14ClF2N3OS/c1-20-16(24)22-15(23)13(10-4-2-3-5-11(10)17)12-8-9(14(18)19)6-7-21-12/h2-8,13-14H,1H3,(H2,20,22,23,24). The van der Waals surface area contributed by atoms with Crippen LogP contribution in [0.2, 0.25) is 5.02 Å². The summed E-state index contributed by atoms with van der Waals surface area (Å²) in [5, 5.41) is 5.57. The van der Waals surface area contributed by atoms with Gasteiger partial charge in [-0.05, 0) is 36.0 Å². The average molecular weight is 370 g/mol. The normalized spacial score (nSPS) is 11.9. The summed E-state index contributed by atoms with van der Waals surface area (Å²) in [6.45, 7) is 0. The molecule has 2 aromatic rings. The van der Waals surface area contributed by atoms with Crippen molar-refractivity contribution in [1.82, 2.24) is 15.6 Å². The zero-order valence-electron chi connectivity index (χ0n) is 12.6. The van der Waals surface area contributed by atoms with Crippen LogP contribution >= 0.6 is 23.8 Å². The van der Waals surface area contributed by atoms with E-state index >= 15 is 0 Å². The molecule has 0 saturated carbocycles. The van der Waals surface area contributed by atoms with Crippen molar-refractivity contribution in [3.8, 4) is 0 Å². The van der Waals surface area contributed by atoms with E-state index in [-0.39, 0.29) is 16.4 Å². The van der Waals surface area contributed by atoms with Gasteiger partial charge in [-0.1, -0.05) is 29.8 Å². The number of benzene rings is 1. The maximum Gasteiger partial charge on any atom is 0.263 e. The van der Waals surface area contributed by atoms with Gasteiger partial charge in [-0.3, -0.25) is 9.78 Å². The van der Waals surface area contributed by atoms with Gasteiger partial charge in [-0.2, -0.15) is 0 Å². The van der Waals surface area contributed by atoms with Crippen LogP contribution in [0.3, 0.4) is 0 Å². The highest BCUT2D eigenvalue weighted by molar-refractivity contribution is 7.80. The van der Waals surface area contributed by atoms with Gasteiger partial charge in [0.05, 0.1) is 5.69 Å². The van der Waals surface area contributed by atoms with Gasteiger partial charge in [0.1, 0.15) is 5.92 Å². The Morgan fingerprint density at radius 1 is 1.29 bits per heavy atom. The first-order valence-electron chi connectivity index (χ1n) is 6.95. The van der Waals surface area contributed by atoms with E-state index in [2.05, 4.69) is 15.6 Å². The molecule has 1 aromatic heterocycles. The molecule has 0 fully saturated rings. The second kappa shape index (κ2) is 8.12. The third-order valence-electron chi connectivity index (χ3n) is 3.30. The molecular weight excluding hydrogens is 356 g/mol. The number of hydrogen-bond donors (Lipinski definition) is 2. The molecule has 0 aliphatic carbocycles. The predicted molar refractivity (Wildman–Crippen MR) is 92.3 cm³/mol. The molecule has 0 aliphatic heterocycles. The fourth-order valence-electron chi connectivity index (χ4n) is 2.15. The van der Waals surface area contributed by atoms with E-state index in [0.717, 1.165) is 0 Å². The van der Waals surface area contributed by atoms with Gasteiger partial charge in [0.25, 0.3) is 6.43 Å². The number of halogens is 3. The van der Waals surface area contributed by atoms with E-state index in [1.807, 2.05) is 0 Å². The Labute approximate surface area is 148 Å². The minimum absolute atomic E-state index is 0.113. The lowest BCUT2D eigenvalue weighted by molar-refractivity contribution is -0.120. The summed E-state index contributed by atoms with van der Waals surface area (Å²) in [5.74, 6) is -1.48. The van der Waals surface area contributed by atoms with Crippen LogP contribution in [-0.2, 0) is 4.79 Å². The maximum atomic E-state index is 13.0. The lowest BCUT2D eigenvalue weighted by Crippen LogP contribution is -2.40. The minimum atomic E-state index is -2.67. The molecule has 2 N–H and O–H groups in total. The van der Waals surface area contributed by atoms with Gasteiger partial charge in [0.15, 0.2) is 5.11 Å². The second-order valence-electron chi connectivity index (χ2n) is 4.84. The van der Waals surface area contributed by atoms with Gasteiger partial charge >= 0.3 is 0 Å². The number of aromatic nitrogens is 1. The molecule has 0 bridgehead atoms. The zero-order valence-corrected chi connectivity index (χ0v) is 14.2. The van der Waals surface area contributed by atoms with Crippen LogP contribution in [0, 0.1) is 0 Å². The van der Waals surface area contributed by atoms with E-state index in [4.69, 9.17) is 23.8 Å². The number of nitrogens with one attached hydrogen (secondary N) is 2. The van der Waals surface area contributed by atoms with Crippen molar-refractivity contribution in [2.45, 2.75) is 12.3 Å². The summed E-state index contributed by atoms with van der Waals surface area (Å²) < 4.78 is 25.9. The van der Waals surface area contributed by atoms with Crippen molar-refractivity contribution < 1.29 is 13.6 Å². The van der Waals surface area contributed by atoms with E-state index in [0.29, 0.717) is 10.6 Å². The van der Waals surface area contributed by atoms with Crippen LogP contribution in [0.15, 0.2) is 42.6 Å². The van der Waals surface area contributed by atoms with Crippen molar-refractivity contribution in [2.75, 3.05) is 7.05 Å². The molecule has 0 spiro atoms. The van der Waals surface area contributed by atoms with Crippen LogP contribution in [0.4, 0.5) is 8.78 Å². The highest BCUT2D eigenvalue weighted by atomic mass is 35.5.